The van der Waals surface area contributed by atoms with Gasteiger partial charge in [-0.1, -0.05) is 25.1 Å². The molecule has 6 heteroatoms. The van der Waals surface area contributed by atoms with Gasteiger partial charge in [0.15, 0.2) is 0 Å². The van der Waals surface area contributed by atoms with E-state index < -0.39 is 0 Å². The number of carbonyl (C=O) groups is 1. The van der Waals surface area contributed by atoms with Crippen molar-refractivity contribution >= 4 is 11.9 Å². The average Bonchev–Trinajstić information content (AvgIpc) is 2.55. The number of benzene rings is 1. The normalized spacial score (nSPS) is 10.3. The molecule has 2 rings (SSSR count). The number of hydrogen-bond acceptors (Lipinski definition) is 4. The van der Waals surface area contributed by atoms with Crippen LogP contribution in [-0.4, -0.2) is 29.0 Å². The first-order valence-electron chi connectivity index (χ1n) is 7.28. The molecule has 1 amide bonds. The van der Waals surface area contributed by atoms with Crippen LogP contribution in [0.25, 0.3) is 0 Å². The zero-order chi connectivity index (χ0) is 15.8. The lowest BCUT2D eigenvalue weighted by Gasteiger charge is -2.06. The number of hydrogen-bond donors (Lipinski definition) is 2. The van der Waals surface area contributed by atoms with Crippen molar-refractivity contribution in [3.63, 3.8) is 0 Å². The minimum Gasteiger partial charge on any atom is -0.354 e. The van der Waals surface area contributed by atoms with Crippen LogP contribution >= 0.6 is 0 Å². The molecule has 0 atom stereocenters. The van der Waals surface area contributed by atoms with Crippen LogP contribution in [0.5, 0.6) is 0 Å². The SMILES string of the molecule is CCCNC(=O)c1cnc(NCCc2ccccc2F)nc1. The molecule has 116 valence electrons. The molecule has 5 nitrogen and oxygen atoms in total. The molecule has 22 heavy (non-hydrogen) atoms. The Hall–Kier alpha value is -2.50. The van der Waals surface area contributed by atoms with Gasteiger partial charge in [-0.05, 0) is 24.5 Å². The maximum atomic E-state index is 13.5. The maximum Gasteiger partial charge on any atom is 0.254 e. The second-order valence-corrected chi connectivity index (χ2v) is 4.82. The molecule has 1 aromatic carbocycles. The predicted molar refractivity (Wildman–Crippen MR) is 83.2 cm³/mol. The van der Waals surface area contributed by atoms with Crippen LogP contribution in [-0.2, 0) is 6.42 Å². The summed E-state index contributed by atoms with van der Waals surface area (Å²) in [6.07, 6.45) is 4.36. The highest BCUT2D eigenvalue weighted by Gasteiger charge is 2.06. The standard InChI is InChI=1S/C16H19FN4O/c1-2-8-18-15(22)13-10-20-16(21-11-13)19-9-7-12-5-3-4-6-14(12)17/h3-6,10-11H,2,7-9H2,1H3,(H,18,22)(H,19,20,21). The lowest BCUT2D eigenvalue weighted by atomic mass is 10.1. The van der Waals surface area contributed by atoms with Gasteiger partial charge < -0.3 is 10.6 Å². The fourth-order valence-corrected chi connectivity index (χ4v) is 1.89. The molecule has 0 saturated carbocycles. The van der Waals surface area contributed by atoms with Gasteiger partial charge in [-0.25, -0.2) is 14.4 Å². The summed E-state index contributed by atoms with van der Waals surface area (Å²) in [4.78, 5) is 19.9. The second kappa shape index (κ2) is 8.07. The van der Waals surface area contributed by atoms with E-state index in [2.05, 4.69) is 20.6 Å². The highest BCUT2D eigenvalue weighted by Crippen LogP contribution is 2.07. The number of rotatable bonds is 7. The van der Waals surface area contributed by atoms with Gasteiger partial charge in [-0.15, -0.1) is 0 Å². The summed E-state index contributed by atoms with van der Waals surface area (Å²) in [7, 11) is 0. The van der Waals surface area contributed by atoms with Crippen molar-refractivity contribution in [1.82, 2.24) is 15.3 Å². The molecule has 0 aliphatic rings. The largest absolute Gasteiger partial charge is 0.354 e. The van der Waals surface area contributed by atoms with Crippen LogP contribution in [0.15, 0.2) is 36.7 Å². The van der Waals surface area contributed by atoms with E-state index in [0.717, 1.165) is 6.42 Å². The van der Waals surface area contributed by atoms with Gasteiger partial charge in [0.1, 0.15) is 5.82 Å². The Morgan fingerprint density at radius 3 is 2.59 bits per heavy atom. The summed E-state index contributed by atoms with van der Waals surface area (Å²) in [5.41, 5.74) is 1.07. The first kappa shape index (κ1) is 15.9. The lowest BCUT2D eigenvalue weighted by Crippen LogP contribution is -2.24. The minimum atomic E-state index is -0.215. The monoisotopic (exact) mass is 302 g/mol. The molecule has 0 aliphatic carbocycles. The smallest absolute Gasteiger partial charge is 0.254 e. The number of aromatic nitrogens is 2. The number of anilines is 1. The van der Waals surface area contributed by atoms with Crippen molar-refractivity contribution < 1.29 is 9.18 Å². The van der Waals surface area contributed by atoms with E-state index in [1.165, 1.54) is 18.5 Å². The Bertz CT molecular complexity index is 616. The first-order chi connectivity index (χ1) is 10.7. The highest BCUT2D eigenvalue weighted by atomic mass is 19.1. The third-order valence-electron chi connectivity index (χ3n) is 3.08. The Labute approximate surface area is 129 Å². The van der Waals surface area contributed by atoms with Gasteiger partial charge in [0, 0.05) is 25.5 Å². The number of halogens is 1. The van der Waals surface area contributed by atoms with Gasteiger partial charge >= 0.3 is 0 Å². The summed E-state index contributed by atoms with van der Waals surface area (Å²) in [5, 5.41) is 5.77. The van der Waals surface area contributed by atoms with Crippen molar-refractivity contribution in [2.75, 3.05) is 18.4 Å². The Balaban J connectivity index is 1.84. The molecule has 0 radical (unpaired) electrons. The van der Waals surface area contributed by atoms with Gasteiger partial charge in [-0.3, -0.25) is 4.79 Å². The summed E-state index contributed by atoms with van der Waals surface area (Å²) < 4.78 is 13.5. The van der Waals surface area contributed by atoms with Crippen molar-refractivity contribution in [3.8, 4) is 0 Å². The summed E-state index contributed by atoms with van der Waals surface area (Å²) in [6.45, 7) is 3.13. The average molecular weight is 302 g/mol. The highest BCUT2D eigenvalue weighted by molar-refractivity contribution is 5.93. The number of carbonyl (C=O) groups excluding carboxylic acids is 1. The molecule has 0 bridgehead atoms. The fourth-order valence-electron chi connectivity index (χ4n) is 1.89. The van der Waals surface area contributed by atoms with Crippen LogP contribution in [0.3, 0.4) is 0 Å². The summed E-state index contributed by atoms with van der Waals surface area (Å²) in [6, 6.07) is 6.66. The Morgan fingerprint density at radius 1 is 1.18 bits per heavy atom. The van der Waals surface area contributed by atoms with Crippen LogP contribution in [0.4, 0.5) is 10.3 Å². The molecule has 2 N–H and O–H groups in total. The molecule has 0 aliphatic heterocycles. The van der Waals surface area contributed by atoms with Crippen molar-refractivity contribution in [2.24, 2.45) is 0 Å². The molecule has 0 saturated heterocycles. The number of nitrogens with one attached hydrogen (secondary N) is 2. The molecule has 1 aromatic heterocycles. The third kappa shape index (κ3) is 4.51. The van der Waals surface area contributed by atoms with Gasteiger partial charge in [-0.2, -0.15) is 0 Å². The number of nitrogens with zero attached hydrogens (tertiary/aromatic N) is 2. The molecule has 0 fully saturated rings. The molecule has 2 aromatic rings. The van der Waals surface area contributed by atoms with Crippen molar-refractivity contribution in [1.29, 1.82) is 0 Å². The molecule has 0 unspecified atom stereocenters. The van der Waals surface area contributed by atoms with E-state index >= 15 is 0 Å². The maximum absolute atomic E-state index is 13.5. The van der Waals surface area contributed by atoms with Gasteiger partial charge in [0.25, 0.3) is 5.91 Å². The second-order valence-electron chi connectivity index (χ2n) is 4.82. The molecule has 1 heterocycles. The Morgan fingerprint density at radius 2 is 1.91 bits per heavy atom. The van der Waals surface area contributed by atoms with E-state index in [1.807, 2.05) is 6.92 Å². The van der Waals surface area contributed by atoms with E-state index in [0.29, 0.717) is 36.6 Å². The zero-order valence-electron chi connectivity index (χ0n) is 12.5. The zero-order valence-corrected chi connectivity index (χ0v) is 12.5. The van der Waals surface area contributed by atoms with Crippen LogP contribution in [0, 0.1) is 5.82 Å². The third-order valence-corrected chi connectivity index (χ3v) is 3.08. The molecule has 0 spiro atoms. The van der Waals surface area contributed by atoms with Gasteiger partial charge in [0.05, 0.1) is 5.56 Å². The van der Waals surface area contributed by atoms with Gasteiger partial charge in [0.2, 0.25) is 5.95 Å². The van der Waals surface area contributed by atoms with Crippen LogP contribution in [0.2, 0.25) is 0 Å². The quantitative estimate of drug-likeness (QED) is 0.824. The van der Waals surface area contributed by atoms with Crippen LogP contribution in [0.1, 0.15) is 29.3 Å². The van der Waals surface area contributed by atoms with E-state index in [1.54, 1.807) is 18.2 Å². The topological polar surface area (TPSA) is 66.9 Å². The van der Waals surface area contributed by atoms with Crippen molar-refractivity contribution in [2.45, 2.75) is 19.8 Å². The fraction of sp³-hybridized carbons (Fsp3) is 0.312. The summed E-state index contributed by atoms with van der Waals surface area (Å²) >= 11 is 0. The first-order valence-corrected chi connectivity index (χ1v) is 7.28. The van der Waals surface area contributed by atoms with E-state index in [4.69, 9.17) is 0 Å². The molecular weight excluding hydrogens is 283 g/mol. The van der Waals surface area contributed by atoms with Crippen molar-refractivity contribution in [3.05, 3.63) is 53.6 Å². The van der Waals surface area contributed by atoms with E-state index in [9.17, 15) is 9.18 Å². The molecular formula is C16H19FN4O. The minimum absolute atomic E-state index is 0.181. The van der Waals surface area contributed by atoms with E-state index in [-0.39, 0.29) is 11.7 Å². The summed E-state index contributed by atoms with van der Waals surface area (Å²) in [5.74, 6) is 0.0244. The predicted octanol–water partition coefficient (Wildman–Crippen LogP) is 2.41. The Kier molecular flexibility index (Phi) is 5.82. The lowest BCUT2D eigenvalue weighted by molar-refractivity contribution is 0.0953. The van der Waals surface area contributed by atoms with Crippen LogP contribution < -0.4 is 10.6 Å². The number of amides is 1.